The fourth-order valence-electron chi connectivity index (χ4n) is 1.12. The molecule has 54 valence electrons. The van der Waals surface area contributed by atoms with E-state index in [9.17, 15) is 9.59 Å². The van der Waals surface area contributed by atoms with Crippen molar-refractivity contribution < 1.29 is 9.59 Å². The maximum absolute atomic E-state index is 11.0. The molecule has 4 heteroatoms. The molecular formula is C6H10BNO2. The van der Waals surface area contributed by atoms with Crippen molar-refractivity contribution in [3.8, 4) is 0 Å². The van der Waals surface area contributed by atoms with Gasteiger partial charge in [0, 0.05) is 19.5 Å². The monoisotopic (exact) mass is 139 g/mol. The predicted molar refractivity (Wildman–Crippen MR) is 39.5 cm³/mol. The first-order valence-electron chi connectivity index (χ1n) is 3.45. The Kier molecular flexibility index (Phi) is 2.22. The first-order valence-corrected chi connectivity index (χ1v) is 3.45. The summed E-state index contributed by atoms with van der Waals surface area (Å²) in [6, 6.07) is 0. The average Bonchev–Trinajstić information content (AvgIpc) is 1.88. The molecule has 1 rings (SSSR count). The van der Waals surface area contributed by atoms with Crippen LogP contribution in [0.25, 0.3) is 0 Å². The molecule has 1 saturated heterocycles. The molecule has 0 aromatic carbocycles. The minimum absolute atomic E-state index is 0.0165. The molecule has 1 atom stereocenters. The molecule has 1 aliphatic heterocycles. The van der Waals surface area contributed by atoms with Crippen molar-refractivity contribution in [3.05, 3.63) is 0 Å². The highest BCUT2D eigenvalue weighted by molar-refractivity contribution is 6.60. The van der Waals surface area contributed by atoms with Gasteiger partial charge < -0.3 is 10.1 Å². The summed E-state index contributed by atoms with van der Waals surface area (Å²) in [5, 5.41) is 3.00. The van der Waals surface area contributed by atoms with Crippen LogP contribution in [0, 0.1) is 5.92 Å². The Morgan fingerprint density at radius 1 is 1.70 bits per heavy atom. The molecule has 0 aromatic rings. The van der Waals surface area contributed by atoms with Crippen molar-refractivity contribution in [3.63, 3.8) is 0 Å². The number of carbonyl (C=O) groups excluding carboxylic acids is 2. The zero-order chi connectivity index (χ0) is 7.56. The van der Waals surface area contributed by atoms with Gasteiger partial charge in [0.15, 0.2) is 7.85 Å². The highest BCUT2D eigenvalue weighted by atomic mass is 16.1. The molecule has 0 saturated carbocycles. The molecule has 1 N–H and O–H groups in total. The van der Waals surface area contributed by atoms with E-state index >= 15 is 0 Å². The molecule has 1 aliphatic rings. The summed E-state index contributed by atoms with van der Waals surface area (Å²) in [5.41, 5.74) is -0.0165. The molecular weight excluding hydrogens is 129 g/mol. The third kappa shape index (κ3) is 1.45. The van der Waals surface area contributed by atoms with Crippen LogP contribution in [0.4, 0.5) is 0 Å². The van der Waals surface area contributed by atoms with Crippen molar-refractivity contribution >= 4 is 19.3 Å². The molecule has 10 heavy (non-hydrogen) atoms. The SMILES string of the molecule is BC(=O)C1CNCCC1=O. The average molecular weight is 139 g/mol. The summed E-state index contributed by atoms with van der Waals surface area (Å²) in [6.07, 6.45) is 0.504. The number of nitrogens with one attached hydrogen (secondary N) is 1. The summed E-state index contributed by atoms with van der Waals surface area (Å²) in [5.74, 6) is -0.278. The lowest BCUT2D eigenvalue weighted by Gasteiger charge is -2.18. The molecule has 3 nitrogen and oxygen atoms in total. The number of Topliss-reactive ketones (excluding diaryl/α,β-unsaturated/α-hetero) is 1. The number of carbonyl (C=O) groups is 2. The van der Waals surface area contributed by atoms with Gasteiger partial charge in [-0.05, 0) is 0 Å². The Labute approximate surface area is 60.6 Å². The van der Waals surface area contributed by atoms with Crippen LogP contribution in [0.15, 0.2) is 0 Å². The van der Waals surface area contributed by atoms with Crippen LogP contribution < -0.4 is 5.32 Å². The Morgan fingerprint density at radius 2 is 2.40 bits per heavy atom. The third-order valence-corrected chi connectivity index (χ3v) is 1.78. The number of ketones is 1. The first kappa shape index (κ1) is 7.47. The summed E-state index contributed by atoms with van der Waals surface area (Å²) in [7, 11) is 1.47. The van der Waals surface area contributed by atoms with Crippen LogP contribution in [0.1, 0.15) is 6.42 Å². The maximum Gasteiger partial charge on any atom is 0.188 e. The van der Waals surface area contributed by atoms with Crippen molar-refractivity contribution in [2.24, 2.45) is 5.92 Å². The topological polar surface area (TPSA) is 46.2 Å². The molecule has 0 spiro atoms. The summed E-state index contributed by atoms with van der Waals surface area (Å²) < 4.78 is 0. The Balaban J connectivity index is 2.56. The van der Waals surface area contributed by atoms with E-state index in [1.165, 1.54) is 7.85 Å². The minimum atomic E-state index is -0.367. The van der Waals surface area contributed by atoms with Crippen LogP contribution in [-0.4, -0.2) is 32.4 Å². The van der Waals surface area contributed by atoms with Gasteiger partial charge >= 0.3 is 0 Å². The van der Waals surface area contributed by atoms with Gasteiger partial charge in [-0.15, -0.1) is 0 Å². The lowest BCUT2D eigenvalue weighted by Crippen LogP contribution is -2.41. The zero-order valence-electron chi connectivity index (χ0n) is 6.02. The predicted octanol–water partition coefficient (Wildman–Crippen LogP) is -1.68. The van der Waals surface area contributed by atoms with Gasteiger partial charge in [-0.3, -0.25) is 4.79 Å². The Morgan fingerprint density at radius 3 is 2.80 bits per heavy atom. The van der Waals surface area contributed by atoms with E-state index in [1.54, 1.807) is 0 Å². The normalized spacial score (nSPS) is 26.4. The highest BCUT2D eigenvalue weighted by Crippen LogP contribution is 2.04. The third-order valence-electron chi connectivity index (χ3n) is 1.78. The van der Waals surface area contributed by atoms with E-state index in [-0.39, 0.29) is 17.4 Å². The summed E-state index contributed by atoms with van der Waals surface area (Å²) >= 11 is 0. The van der Waals surface area contributed by atoms with E-state index < -0.39 is 0 Å². The largest absolute Gasteiger partial charge is 0.315 e. The van der Waals surface area contributed by atoms with Gasteiger partial charge in [-0.1, -0.05) is 0 Å². The number of hydrogen-bond acceptors (Lipinski definition) is 3. The smallest absolute Gasteiger partial charge is 0.188 e. The zero-order valence-corrected chi connectivity index (χ0v) is 6.02. The van der Waals surface area contributed by atoms with E-state index in [0.717, 1.165) is 6.54 Å². The van der Waals surface area contributed by atoms with Gasteiger partial charge in [0.1, 0.15) is 5.78 Å². The van der Waals surface area contributed by atoms with Crippen molar-refractivity contribution in [1.29, 1.82) is 0 Å². The molecule has 0 amide bonds. The summed E-state index contributed by atoms with van der Waals surface area (Å²) in [6.45, 7) is 1.26. The highest BCUT2D eigenvalue weighted by Gasteiger charge is 2.24. The Hall–Kier alpha value is -0.635. The second-order valence-corrected chi connectivity index (χ2v) is 2.58. The van der Waals surface area contributed by atoms with E-state index in [1.807, 2.05) is 0 Å². The van der Waals surface area contributed by atoms with Crippen LogP contribution in [-0.2, 0) is 9.59 Å². The second kappa shape index (κ2) is 2.97. The van der Waals surface area contributed by atoms with Gasteiger partial charge in [-0.2, -0.15) is 0 Å². The van der Waals surface area contributed by atoms with Crippen molar-refractivity contribution in [2.75, 3.05) is 13.1 Å². The number of hydrogen-bond donors (Lipinski definition) is 1. The summed E-state index contributed by atoms with van der Waals surface area (Å²) in [4.78, 5) is 21.7. The van der Waals surface area contributed by atoms with Crippen molar-refractivity contribution in [1.82, 2.24) is 5.32 Å². The minimum Gasteiger partial charge on any atom is -0.315 e. The van der Waals surface area contributed by atoms with E-state index in [2.05, 4.69) is 5.32 Å². The lowest BCUT2D eigenvalue weighted by molar-refractivity contribution is -0.129. The van der Waals surface area contributed by atoms with Gasteiger partial charge in [-0.25, -0.2) is 0 Å². The lowest BCUT2D eigenvalue weighted by atomic mass is 9.83. The quantitative estimate of drug-likeness (QED) is 0.348. The first-order chi connectivity index (χ1) is 4.72. The number of rotatable bonds is 1. The fourth-order valence-corrected chi connectivity index (χ4v) is 1.12. The van der Waals surface area contributed by atoms with Crippen LogP contribution in [0.2, 0.25) is 0 Å². The van der Waals surface area contributed by atoms with Crippen LogP contribution in [0.3, 0.4) is 0 Å². The van der Waals surface area contributed by atoms with Crippen molar-refractivity contribution in [2.45, 2.75) is 6.42 Å². The molecule has 1 heterocycles. The molecule has 0 radical (unpaired) electrons. The van der Waals surface area contributed by atoms with E-state index in [4.69, 9.17) is 0 Å². The van der Waals surface area contributed by atoms with Gasteiger partial charge in [0.05, 0.1) is 11.6 Å². The molecule has 0 bridgehead atoms. The van der Waals surface area contributed by atoms with Gasteiger partial charge in [0.2, 0.25) is 0 Å². The molecule has 0 aliphatic carbocycles. The van der Waals surface area contributed by atoms with Crippen LogP contribution in [0.5, 0.6) is 0 Å². The fraction of sp³-hybridized carbons (Fsp3) is 0.667. The van der Waals surface area contributed by atoms with Gasteiger partial charge in [0.25, 0.3) is 0 Å². The number of piperidine rings is 1. The standard InChI is InChI=1S/C6H10BNO2/c7-6(10)4-3-8-2-1-5(4)9/h4,8H,1-3,7H2. The molecule has 0 aromatic heterocycles. The maximum atomic E-state index is 11.0. The second-order valence-electron chi connectivity index (χ2n) is 2.58. The Bertz CT molecular complexity index is 169. The van der Waals surface area contributed by atoms with E-state index in [0.29, 0.717) is 13.0 Å². The molecule has 1 fully saturated rings. The molecule has 1 unspecified atom stereocenters. The van der Waals surface area contributed by atoms with Crippen LogP contribution >= 0.6 is 0 Å².